The molecule has 2 aliphatic rings. The highest BCUT2D eigenvalue weighted by Gasteiger charge is 2.66. The highest BCUT2D eigenvalue weighted by atomic mass is 32.2. The fourth-order valence-corrected chi connectivity index (χ4v) is 6.87. The second-order valence-corrected chi connectivity index (χ2v) is 11.9. The molecule has 196 valence electrons. The van der Waals surface area contributed by atoms with Crippen LogP contribution in [0.15, 0.2) is 91.0 Å². The van der Waals surface area contributed by atoms with Crippen LogP contribution in [0.1, 0.15) is 36.6 Å². The number of aliphatic hydroxyl groups excluding tert-OH is 1. The van der Waals surface area contributed by atoms with E-state index in [9.17, 15) is 19.5 Å². The number of fused-ring (bicyclic) bond motifs is 1. The quantitative estimate of drug-likeness (QED) is 0.341. The minimum Gasteiger partial charge on any atom is -0.459 e. The second-order valence-electron chi connectivity index (χ2n) is 10.1. The molecule has 8 heteroatoms. The highest BCUT2D eigenvalue weighted by Crippen LogP contribution is 2.54. The Labute approximate surface area is 226 Å². The molecule has 0 radical (unpaired) electrons. The molecule has 38 heavy (non-hydrogen) atoms. The molecule has 7 nitrogen and oxygen atoms in total. The molecular formula is C30H30N2O5S. The van der Waals surface area contributed by atoms with E-state index < -0.39 is 52.0 Å². The molecule has 3 aromatic carbocycles. The summed E-state index contributed by atoms with van der Waals surface area (Å²) < 4.78 is 4.91. The molecule has 4 atom stereocenters. The number of carbonyl (C=O) groups excluding carboxylic acids is 3. The Balaban J connectivity index is 1.29. The molecule has 2 heterocycles. The molecule has 2 fully saturated rings. The molecule has 5 rings (SSSR count). The summed E-state index contributed by atoms with van der Waals surface area (Å²) in [4.78, 5) is 41.1. The first kappa shape index (κ1) is 26.0. The van der Waals surface area contributed by atoms with Crippen molar-refractivity contribution in [3.8, 4) is 0 Å². The van der Waals surface area contributed by atoms with E-state index in [2.05, 4.69) is 5.32 Å². The van der Waals surface area contributed by atoms with E-state index >= 15 is 0 Å². The lowest BCUT2D eigenvalue weighted by Crippen LogP contribution is -2.67. The summed E-state index contributed by atoms with van der Waals surface area (Å²) in [5.74, 6) is -2.49. The number of nitrogens with zero attached hydrogens (tertiary/aromatic N) is 1. The molecule has 2 N–H and O–H groups in total. The highest BCUT2D eigenvalue weighted by molar-refractivity contribution is 8.01. The van der Waals surface area contributed by atoms with Crippen LogP contribution in [0.25, 0.3) is 0 Å². The van der Waals surface area contributed by atoms with Crippen LogP contribution in [0.2, 0.25) is 0 Å². The lowest BCUT2D eigenvalue weighted by Gasteiger charge is -2.45. The van der Waals surface area contributed by atoms with Gasteiger partial charge in [-0.15, -0.1) is 11.8 Å². The van der Waals surface area contributed by atoms with Crippen LogP contribution >= 0.6 is 11.8 Å². The summed E-state index contributed by atoms with van der Waals surface area (Å²) in [6, 6.07) is 27.0. The van der Waals surface area contributed by atoms with Crippen molar-refractivity contribution in [2.75, 3.05) is 0 Å². The van der Waals surface area contributed by atoms with Crippen LogP contribution < -0.4 is 5.32 Å². The van der Waals surface area contributed by atoms with Crippen LogP contribution in [0.3, 0.4) is 0 Å². The molecule has 2 aliphatic heterocycles. The molecule has 3 aromatic rings. The monoisotopic (exact) mass is 530 g/mol. The van der Waals surface area contributed by atoms with E-state index in [0.29, 0.717) is 0 Å². The number of aliphatic hydroxyl groups is 1. The Morgan fingerprint density at radius 2 is 1.47 bits per heavy atom. The Morgan fingerprint density at radius 1 is 0.947 bits per heavy atom. The van der Waals surface area contributed by atoms with Crippen LogP contribution in [-0.4, -0.2) is 50.1 Å². The average molecular weight is 531 g/mol. The van der Waals surface area contributed by atoms with E-state index in [1.54, 1.807) is 0 Å². The van der Waals surface area contributed by atoms with Crippen molar-refractivity contribution in [1.82, 2.24) is 10.2 Å². The molecule has 0 bridgehead atoms. The maximum Gasteiger partial charge on any atom is 0.330 e. The number of carbonyl (C=O) groups is 3. The average Bonchev–Trinajstić information content (AvgIpc) is 3.18. The standard InChI is InChI=1S/C30H30N2O5S/c1-30(2)25(29(36)37-18-19-12-6-3-7-13-19)32-27(35)22(28(32)38-30)24(33)26(34)31-23(20-14-8-4-9-15-20)21-16-10-5-11-17-21/h3-17,22-25,28,33H,18H2,1-2H3,(H,31,34)/t22-,24+,25+,28-/m1/s1. The normalized spacial score (nSPS) is 22.4. The second kappa shape index (κ2) is 10.6. The van der Waals surface area contributed by atoms with E-state index in [1.165, 1.54) is 16.7 Å². The van der Waals surface area contributed by atoms with Crippen molar-refractivity contribution in [3.05, 3.63) is 108 Å². The van der Waals surface area contributed by atoms with Gasteiger partial charge in [-0.25, -0.2) is 4.79 Å². The van der Waals surface area contributed by atoms with Gasteiger partial charge in [0.1, 0.15) is 24.7 Å². The molecule has 0 unspecified atom stereocenters. The predicted octanol–water partition coefficient (Wildman–Crippen LogP) is 3.68. The number of β-lactam (4-membered cyclic amide) rings is 1. The van der Waals surface area contributed by atoms with Crippen molar-refractivity contribution in [2.45, 2.75) is 48.8 Å². The largest absolute Gasteiger partial charge is 0.459 e. The van der Waals surface area contributed by atoms with E-state index in [4.69, 9.17) is 4.74 Å². The Kier molecular flexibility index (Phi) is 7.27. The van der Waals surface area contributed by atoms with E-state index in [-0.39, 0.29) is 6.61 Å². The molecule has 0 aromatic heterocycles. The van der Waals surface area contributed by atoms with Gasteiger partial charge in [0.2, 0.25) is 5.91 Å². The van der Waals surface area contributed by atoms with Gasteiger partial charge in [-0.1, -0.05) is 91.0 Å². The molecule has 2 amide bonds. The van der Waals surface area contributed by atoms with Gasteiger partial charge in [0.25, 0.3) is 5.91 Å². The smallest absolute Gasteiger partial charge is 0.330 e. The van der Waals surface area contributed by atoms with Crippen molar-refractivity contribution >= 4 is 29.5 Å². The number of rotatable bonds is 8. The summed E-state index contributed by atoms with van der Waals surface area (Å²) in [5, 5.41) is 13.5. The molecule has 0 spiro atoms. The third-order valence-corrected chi connectivity index (χ3v) is 8.68. The molecular weight excluding hydrogens is 500 g/mol. The maximum absolute atomic E-state index is 13.3. The van der Waals surface area contributed by atoms with Gasteiger partial charge in [-0.05, 0) is 30.5 Å². The number of thioether (sulfide) groups is 1. The zero-order valence-corrected chi connectivity index (χ0v) is 22.0. The first-order valence-corrected chi connectivity index (χ1v) is 13.4. The van der Waals surface area contributed by atoms with Gasteiger partial charge < -0.3 is 20.1 Å². The minimum atomic E-state index is -1.55. The molecule has 0 aliphatic carbocycles. The number of hydrogen-bond donors (Lipinski definition) is 2. The number of hydrogen-bond acceptors (Lipinski definition) is 6. The number of amides is 2. The summed E-state index contributed by atoms with van der Waals surface area (Å²) >= 11 is 1.41. The Morgan fingerprint density at radius 3 is 2.03 bits per heavy atom. The van der Waals surface area contributed by atoms with Crippen molar-refractivity contribution in [2.24, 2.45) is 5.92 Å². The first-order valence-electron chi connectivity index (χ1n) is 12.6. The number of benzene rings is 3. The van der Waals surface area contributed by atoms with Gasteiger partial charge in [0, 0.05) is 4.75 Å². The van der Waals surface area contributed by atoms with Crippen LogP contribution in [0.5, 0.6) is 0 Å². The van der Waals surface area contributed by atoms with Gasteiger partial charge in [0.15, 0.2) is 0 Å². The third kappa shape index (κ3) is 4.93. The number of ether oxygens (including phenoxy) is 1. The van der Waals surface area contributed by atoms with Gasteiger partial charge in [-0.2, -0.15) is 0 Å². The Hall–Kier alpha value is -3.62. The lowest BCUT2D eigenvalue weighted by molar-refractivity contribution is -0.173. The zero-order valence-electron chi connectivity index (χ0n) is 21.2. The molecule has 0 saturated carbocycles. The summed E-state index contributed by atoms with van der Waals surface area (Å²) in [5.41, 5.74) is 2.57. The van der Waals surface area contributed by atoms with Crippen molar-refractivity contribution < 1.29 is 24.2 Å². The fraction of sp³-hybridized carbons (Fsp3) is 0.300. The van der Waals surface area contributed by atoms with Crippen LogP contribution in [0.4, 0.5) is 0 Å². The van der Waals surface area contributed by atoms with Gasteiger partial charge >= 0.3 is 5.97 Å². The van der Waals surface area contributed by atoms with Gasteiger partial charge in [-0.3, -0.25) is 9.59 Å². The van der Waals surface area contributed by atoms with E-state index in [0.717, 1.165) is 16.7 Å². The van der Waals surface area contributed by atoms with Crippen LogP contribution in [-0.2, 0) is 25.7 Å². The van der Waals surface area contributed by atoms with Crippen LogP contribution in [0, 0.1) is 5.92 Å². The summed E-state index contributed by atoms with van der Waals surface area (Å²) in [7, 11) is 0. The van der Waals surface area contributed by atoms with E-state index in [1.807, 2.05) is 105 Å². The number of esters is 1. The lowest BCUT2D eigenvalue weighted by atomic mass is 9.87. The molecule has 2 saturated heterocycles. The van der Waals surface area contributed by atoms with Gasteiger partial charge in [0.05, 0.1) is 11.4 Å². The third-order valence-electron chi connectivity index (χ3n) is 7.09. The number of nitrogens with one attached hydrogen (secondary N) is 1. The fourth-order valence-electron chi connectivity index (χ4n) is 5.16. The summed E-state index contributed by atoms with van der Waals surface area (Å²) in [6.07, 6.45) is -1.55. The SMILES string of the molecule is CC1(C)S[C@@H]2[C@H]([C@H](O)C(=O)NC(c3ccccc3)c3ccccc3)C(=O)N2[C@H]1C(=O)OCc1ccccc1. The summed E-state index contributed by atoms with van der Waals surface area (Å²) in [6.45, 7) is 3.86. The predicted molar refractivity (Wildman–Crippen MR) is 145 cm³/mol. The minimum absolute atomic E-state index is 0.110. The topological polar surface area (TPSA) is 95.9 Å². The van der Waals surface area contributed by atoms with Crippen molar-refractivity contribution in [1.29, 1.82) is 0 Å². The maximum atomic E-state index is 13.3. The first-order chi connectivity index (χ1) is 18.3. The van der Waals surface area contributed by atoms with Crippen molar-refractivity contribution in [3.63, 3.8) is 0 Å². The zero-order chi connectivity index (χ0) is 26.9. The Bertz CT molecular complexity index is 1260.